The van der Waals surface area contributed by atoms with Crippen molar-refractivity contribution in [2.24, 2.45) is 7.05 Å². The first-order valence-electron chi connectivity index (χ1n) is 5.65. The third-order valence-electron chi connectivity index (χ3n) is 3.19. The van der Waals surface area contributed by atoms with E-state index in [1.807, 2.05) is 26.2 Å². The molecule has 1 aliphatic rings. The fraction of sp³-hybridized carbons (Fsp3) is 0.583. The zero-order valence-electron chi connectivity index (χ0n) is 9.66. The van der Waals surface area contributed by atoms with Crippen LogP contribution in [0.4, 0.5) is 4.39 Å². The molecule has 1 aromatic rings. The van der Waals surface area contributed by atoms with Crippen LogP contribution in [0.2, 0.25) is 0 Å². The minimum atomic E-state index is -0.750. The molecular formula is C12H17FN2O. The van der Waals surface area contributed by atoms with Gasteiger partial charge in [0, 0.05) is 19.3 Å². The minimum Gasteiger partial charge on any atom is -0.348 e. The van der Waals surface area contributed by atoms with Crippen molar-refractivity contribution >= 4 is 5.91 Å². The lowest BCUT2D eigenvalue weighted by molar-refractivity contribution is 0.0928. The fourth-order valence-electron chi connectivity index (χ4n) is 2.31. The summed E-state index contributed by atoms with van der Waals surface area (Å²) >= 11 is 0. The summed E-state index contributed by atoms with van der Waals surface area (Å²) in [6, 6.07) is 1.90. The molecule has 1 amide bonds. The Labute approximate surface area is 94.6 Å². The smallest absolute Gasteiger partial charge is 0.268 e. The SMILES string of the molecule is Cc1ccn(C)c1C(=O)N[C@@H]1CC[C@H](F)C1. The van der Waals surface area contributed by atoms with Gasteiger partial charge in [0.15, 0.2) is 0 Å². The lowest BCUT2D eigenvalue weighted by atomic mass is 10.2. The number of hydrogen-bond donors (Lipinski definition) is 1. The lowest BCUT2D eigenvalue weighted by Gasteiger charge is -2.13. The van der Waals surface area contributed by atoms with E-state index in [0.717, 1.165) is 12.0 Å². The van der Waals surface area contributed by atoms with E-state index in [0.29, 0.717) is 18.5 Å². The van der Waals surface area contributed by atoms with Gasteiger partial charge in [-0.25, -0.2) is 4.39 Å². The van der Waals surface area contributed by atoms with Crippen LogP contribution in [0.5, 0.6) is 0 Å². The molecule has 2 atom stereocenters. The first-order valence-corrected chi connectivity index (χ1v) is 5.65. The fourth-order valence-corrected chi connectivity index (χ4v) is 2.31. The topological polar surface area (TPSA) is 34.0 Å². The molecule has 0 aromatic carbocycles. The lowest BCUT2D eigenvalue weighted by Crippen LogP contribution is -2.34. The van der Waals surface area contributed by atoms with Gasteiger partial charge in [0.05, 0.1) is 0 Å². The van der Waals surface area contributed by atoms with E-state index in [1.165, 1.54) is 0 Å². The maximum Gasteiger partial charge on any atom is 0.268 e. The van der Waals surface area contributed by atoms with Gasteiger partial charge in [0.2, 0.25) is 0 Å². The first kappa shape index (κ1) is 11.2. The molecule has 4 heteroatoms. The number of carbonyl (C=O) groups is 1. The summed E-state index contributed by atoms with van der Waals surface area (Å²) in [5.41, 5.74) is 1.62. The van der Waals surface area contributed by atoms with E-state index in [-0.39, 0.29) is 11.9 Å². The second-order valence-corrected chi connectivity index (χ2v) is 4.54. The Morgan fingerprint density at radius 1 is 1.56 bits per heavy atom. The molecule has 0 radical (unpaired) electrons. The van der Waals surface area contributed by atoms with Crippen LogP contribution < -0.4 is 5.32 Å². The molecule has 0 unspecified atom stereocenters. The zero-order valence-corrected chi connectivity index (χ0v) is 9.66. The highest BCUT2D eigenvalue weighted by atomic mass is 19.1. The van der Waals surface area contributed by atoms with E-state index >= 15 is 0 Å². The summed E-state index contributed by atoms with van der Waals surface area (Å²) in [5, 5.41) is 2.89. The summed E-state index contributed by atoms with van der Waals surface area (Å²) in [6.07, 6.45) is 2.87. The van der Waals surface area contributed by atoms with Crippen LogP contribution in [0.1, 0.15) is 35.3 Å². The Bertz CT molecular complexity index is 380. The third-order valence-corrected chi connectivity index (χ3v) is 3.19. The Hall–Kier alpha value is -1.32. The summed E-state index contributed by atoms with van der Waals surface area (Å²) < 4.78 is 14.8. The molecule has 0 spiro atoms. The van der Waals surface area contributed by atoms with E-state index in [4.69, 9.17) is 0 Å². The number of aryl methyl sites for hydroxylation is 2. The standard InChI is InChI=1S/C12H17FN2O/c1-8-5-6-15(2)11(8)12(16)14-10-4-3-9(13)7-10/h5-6,9-10H,3-4,7H2,1-2H3,(H,14,16)/t9-,10+/m0/s1. The molecule has 1 fully saturated rings. The second-order valence-electron chi connectivity index (χ2n) is 4.54. The number of nitrogens with one attached hydrogen (secondary N) is 1. The van der Waals surface area contributed by atoms with Gasteiger partial charge in [-0.05, 0) is 37.8 Å². The number of aromatic nitrogens is 1. The van der Waals surface area contributed by atoms with Gasteiger partial charge >= 0.3 is 0 Å². The van der Waals surface area contributed by atoms with Crippen LogP contribution in [0, 0.1) is 6.92 Å². The van der Waals surface area contributed by atoms with Crippen molar-refractivity contribution in [1.29, 1.82) is 0 Å². The molecule has 1 aromatic heterocycles. The van der Waals surface area contributed by atoms with Gasteiger partial charge in [-0.3, -0.25) is 4.79 Å². The van der Waals surface area contributed by atoms with Gasteiger partial charge < -0.3 is 9.88 Å². The minimum absolute atomic E-state index is 0.00296. The number of amides is 1. The molecule has 2 rings (SSSR count). The third kappa shape index (κ3) is 2.10. The predicted molar refractivity (Wildman–Crippen MR) is 60.2 cm³/mol. The van der Waals surface area contributed by atoms with Crippen LogP contribution in [0.15, 0.2) is 12.3 Å². The van der Waals surface area contributed by atoms with E-state index in [1.54, 1.807) is 4.57 Å². The van der Waals surface area contributed by atoms with Crippen LogP contribution in [0.3, 0.4) is 0 Å². The molecule has 88 valence electrons. The largest absolute Gasteiger partial charge is 0.348 e. The molecule has 0 aliphatic heterocycles. The highest BCUT2D eigenvalue weighted by molar-refractivity contribution is 5.94. The highest BCUT2D eigenvalue weighted by Gasteiger charge is 2.26. The molecule has 0 saturated heterocycles. The quantitative estimate of drug-likeness (QED) is 0.818. The van der Waals surface area contributed by atoms with E-state index < -0.39 is 6.17 Å². The van der Waals surface area contributed by atoms with E-state index in [9.17, 15) is 9.18 Å². The normalized spacial score (nSPS) is 24.7. The number of carbonyl (C=O) groups excluding carboxylic acids is 1. The van der Waals surface area contributed by atoms with Crippen molar-refractivity contribution in [1.82, 2.24) is 9.88 Å². The average molecular weight is 224 g/mol. The van der Waals surface area contributed by atoms with Crippen LogP contribution in [0.25, 0.3) is 0 Å². The van der Waals surface area contributed by atoms with Crippen molar-refractivity contribution < 1.29 is 9.18 Å². The van der Waals surface area contributed by atoms with Gasteiger partial charge in [-0.1, -0.05) is 0 Å². The van der Waals surface area contributed by atoms with Gasteiger partial charge in [0.25, 0.3) is 5.91 Å². The predicted octanol–water partition coefficient (Wildman–Crippen LogP) is 1.95. The van der Waals surface area contributed by atoms with Crippen molar-refractivity contribution in [2.75, 3.05) is 0 Å². The first-order chi connectivity index (χ1) is 7.58. The van der Waals surface area contributed by atoms with Gasteiger partial charge in [0.1, 0.15) is 11.9 Å². The van der Waals surface area contributed by atoms with Crippen molar-refractivity contribution in [3.8, 4) is 0 Å². The summed E-state index contributed by atoms with van der Waals surface area (Å²) in [7, 11) is 1.84. The van der Waals surface area contributed by atoms with Gasteiger partial charge in [-0.2, -0.15) is 0 Å². The van der Waals surface area contributed by atoms with Crippen molar-refractivity contribution in [3.63, 3.8) is 0 Å². The molecule has 1 saturated carbocycles. The molecule has 16 heavy (non-hydrogen) atoms. The van der Waals surface area contributed by atoms with E-state index in [2.05, 4.69) is 5.32 Å². The number of alkyl halides is 1. The van der Waals surface area contributed by atoms with Crippen LogP contribution in [-0.4, -0.2) is 22.7 Å². The van der Waals surface area contributed by atoms with Crippen molar-refractivity contribution in [2.45, 2.75) is 38.4 Å². The molecule has 1 N–H and O–H groups in total. The average Bonchev–Trinajstić information content (AvgIpc) is 2.74. The molecule has 1 aliphatic carbocycles. The number of hydrogen-bond acceptors (Lipinski definition) is 1. The Morgan fingerprint density at radius 2 is 2.31 bits per heavy atom. The summed E-state index contributed by atoms with van der Waals surface area (Å²) in [4.78, 5) is 12.0. The Balaban J connectivity index is 2.03. The monoisotopic (exact) mass is 224 g/mol. The summed E-state index contributed by atoms with van der Waals surface area (Å²) in [5.74, 6) is -0.0934. The second kappa shape index (κ2) is 4.28. The molecule has 1 heterocycles. The zero-order chi connectivity index (χ0) is 11.7. The molecule has 3 nitrogen and oxygen atoms in total. The number of rotatable bonds is 2. The highest BCUT2D eigenvalue weighted by Crippen LogP contribution is 2.22. The number of nitrogens with zero attached hydrogens (tertiary/aromatic N) is 1. The Morgan fingerprint density at radius 3 is 2.81 bits per heavy atom. The van der Waals surface area contributed by atoms with Crippen LogP contribution in [-0.2, 0) is 7.05 Å². The molecule has 0 bridgehead atoms. The maximum atomic E-state index is 13.0. The number of halogens is 1. The maximum absolute atomic E-state index is 13.0. The van der Waals surface area contributed by atoms with Gasteiger partial charge in [-0.15, -0.1) is 0 Å². The summed E-state index contributed by atoms with van der Waals surface area (Å²) in [6.45, 7) is 1.90. The Kier molecular flexibility index (Phi) is 2.99. The van der Waals surface area contributed by atoms with Crippen LogP contribution >= 0.6 is 0 Å². The van der Waals surface area contributed by atoms with Crippen molar-refractivity contribution in [3.05, 3.63) is 23.5 Å². The molecular weight excluding hydrogens is 207 g/mol.